The second-order valence-corrected chi connectivity index (χ2v) is 5.55. The van der Waals surface area contributed by atoms with E-state index in [9.17, 15) is 8.42 Å². The summed E-state index contributed by atoms with van der Waals surface area (Å²) in [6, 6.07) is 1.82. The van der Waals surface area contributed by atoms with Crippen LogP contribution < -0.4 is 10.0 Å². The third-order valence-corrected chi connectivity index (χ3v) is 2.91. The molecule has 0 bridgehead atoms. The SMILES string of the molecule is CS(=O)(=O)NCCNCc1ccncc1Cl. The molecule has 1 heterocycles. The Morgan fingerprint density at radius 3 is 2.81 bits per heavy atom. The summed E-state index contributed by atoms with van der Waals surface area (Å²) >= 11 is 5.90. The first-order valence-electron chi connectivity index (χ1n) is 4.73. The van der Waals surface area contributed by atoms with Crippen molar-refractivity contribution >= 4 is 21.6 Å². The number of hydrogen-bond acceptors (Lipinski definition) is 4. The van der Waals surface area contributed by atoms with E-state index >= 15 is 0 Å². The third-order valence-electron chi connectivity index (χ3n) is 1.84. The Bertz CT molecular complexity index is 436. The zero-order valence-electron chi connectivity index (χ0n) is 8.90. The van der Waals surface area contributed by atoms with Crippen LogP contribution in [0.1, 0.15) is 5.56 Å². The number of sulfonamides is 1. The van der Waals surface area contributed by atoms with Gasteiger partial charge < -0.3 is 5.32 Å². The van der Waals surface area contributed by atoms with Crippen LogP contribution in [0.25, 0.3) is 0 Å². The van der Waals surface area contributed by atoms with Crippen molar-refractivity contribution in [1.82, 2.24) is 15.0 Å². The Morgan fingerprint density at radius 2 is 2.19 bits per heavy atom. The molecule has 0 aliphatic rings. The second kappa shape index (κ2) is 6.15. The van der Waals surface area contributed by atoms with Gasteiger partial charge in [0.1, 0.15) is 0 Å². The second-order valence-electron chi connectivity index (χ2n) is 3.31. The van der Waals surface area contributed by atoms with Crippen molar-refractivity contribution in [3.8, 4) is 0 Å². The molecule has 0 aliphatic heterocycles. The smallest absolute Gasteiger partial charge is 0.208 e. The molecule has 0 unspecified atom stereocenters. The molecule has 0 atom stereocenters. The van der Waals surface area contributed by atoms with Gasteiger partial charge in [0, 0.05) is 32.0 Å². The van der Waals surface area contributed by atoms with Crippen molar-refractivity contribution in [1.29, 1.82) is 0 Å². The van der Waals surface area contributed by atoms with E-state index < -0.39 is 10.0 Å². The fourth-order valence-corrected chi connectivity index (χ4v) is 1.75. The average Bonchev–Trinajstić information content (AvgIpc) is 2.18. The van der Waals surface area contributed by atoms with Gasteiger partial charge in [0.25, 0.3) is 0 Å². The molecule has 1 aromatic heterocycles. The van der Waals surface area contributed by atoms with Crippen LogP contribution in [0, 0.1) is 0 Å². The van der Waals surface area contributed by atoms with Crippen LogP contribution in [-0.2, 0) is 16.6 Å². The van der Waals surface area contributed by atoms with Gasteiger partial charge in [0.2, 0.25) is 10.0 Å². The number of halogens is 1. The highest BCUT2D eigenvalue weighted by atomic mass is 35.5. The molecule has 1 rings (SSSR count). The molecular weight excluding hydrogens is 250 g/mol. The summed E-state index contributed by atoms with van der Waals surface area (Å²) in [5.74, 6) is 0. The van der Waals surface area contributed by atoms with Crippen molar-refractivity contribution in [2.75, 3.05) is 19.3 Å². The molecule has 0 amide bonds. The topological polar surface area (TPSA) is 71.1 Å². The van der Waals surface area contributed by atoms with Crippen molar-refractivity contribution in [2.24, 2.45) is 0 Å². The van der Waals surface area contributed by atoms with Crippen molar-refractivity contribution in [3.63, 3.8) is 0 Å². The number of rotatable bonds is 6. The van der Waals surface area contributed by atoms with E-state index in [1.54, 1.807) is 12.4 Å². The number of pyridine rings is 1. The van der Waals surface area contributed by atoms with Crippen LogP contribution in [0.15, 0.2) is 18.5 Å². The number of nitrogens with one attached hydrogen (secondary N) is 2. The van der Waals surface area contributed by atoms with Gasteiger partial charge >= 0.3 is 0 Å². The lowest BCUT2D eigenvalue weighted by molar-refractivity contribution is 0.582. The normalized spacial score (nSPS) is 11.6. The lowest BCUT2D eigenvalue weighted by Gasteiger charge is -2.06. The van der Waals surface area contributed by atoms with Crippen molar-refractivity contribution < 1.29 is 8.42 Å². The monoisotopic (exact) mass is 263 g/mol. The highest BCUT2D eigenvalue weighted by Gasteiger charge is 2.00. The standard InChI is InChI=1S/C9H14ClN3O2S/c1-16(14,15)13-5-4-12-6-8-2-3-11-7-9(8)10/h2-3,7,12-13H,4-6H2,1H3. The zero-order valence-corrected chi connectivity index (χ0v) is 10.5. The maximum absolute atomic E-state index is 10.8. The minimum absolute atomic E-state index is 0.363. The minimum Gasteiger partial charge on any atom is -0.311 e. The Kier molecular flexibility index (Phi) is 5.14. The first-order valence-corrected chi connectivity index (χ1v) is 7.00. The lowest BCUT2D eigenvalue weighted by Crippen LogP contribution is -2.30. The van der Waals surface area contributed by atoms with E-state index in [1.165, 1.54) is 0 Å². The minimum atomic E-state index is -3.10. The van der Waals surface area contributed by atoms with Crippen LogP contribution in [-0.4, -0.2) is 32.7 Å². The van der Waals surface area contributed by atoms with Gasteiger partial charge in [-0.1, -0.05) is 11.6 Å². The molecule has 0 aliphatic carbocycles. The van der Waals surface area contributed by atoms with E-state index in [1.807, 2.05) is 6.07 Å². The quantitative estimate of drug-likeness (QED) is 0.728. The number of hydrogen-bond donors (Lipinski definition) is 2. The van der Waals surface area contributed by atoms with Crippen LogP contribution in [0.2, 0.25) is 5.02 Å². The van der Waals surface area contributed by atoms with Gasteiger partial charge in [-0.3, -0.25) is 4.98 Å². The summed E-state index contributed by atoms with van der Waals surface area (Å²) < 4.78 is 23.9. The molecule has 0 saturated heterocycles. The molecule has 1 aromatic rings. The van der Waals surface area contributed by atoms with Crippen LogP contribution >= 0.6 is 11.6 Å². The molecule has 0 aromatic carbocycles. The summed E-state index contributed by atoms with van der Waals surface area (Å²) in [6.45, 7) is 1.50. The number of nitrogens with zero attached hydrogens (tertiary/aromatic N) is 1. The van der Waals surface area contributed by atoms with Crippen LogP contribution in [0.4, 0.5) is 0 Å². The molecule has 0 spiro atoms. The number of aromatic nitrogens is 1. The molecule has 7 heteroatoms. The first-order chi connectivity index (χ1) is 7.49. The Hall–Kier alpha value is -0.690. The first kappa shape index (κ1) is 13.4. The van der Waals surface area contributed by atoms with Gasteiger partial charge in [0.15, 0.2) is 0 Å². The van der Waals surface area contributed by atoms with E-state index in [-0.39, 0.29) is 0 Å². The van der Waals surface area contributed by atoms with Crippen LogP contribution in [0.5, 0.6) is 0 Å². The highest BCUT2D eigenvalue weighted by Crippen LogP contribution is 2.12. The average molecular weight is 264 g/mol. The van der Waals surface area contributed by atoms with Gasteiger partial charge in [-0.15, -0.1) is 0 Å². The summed E-state index contributed by atoms with van der Waals surface area (Å²) in [6.07, 6.45) is 4.37. The molecule has 16 heavy (non-hydrogen) atoms. The maximum atomic E-state index is 10.8. The zero-order chi connectivity index (χ0) is 12.0. The van der Waals surface area contributed by atoms with Gasteiger partial charge in [-0.25, -0.2) is 13.1 Å². The Balaban J connectivity index is 2.24. The fourth-order valence-electron chi connectivity index (χ4n) is 1.10. The molecule has 0 radical (unpaired) electrons. The van der Waals surface area contributed by atoms with E-state index in [0.29, 0.717) is 24.7 Å². The predicted molar refractivity (Wildman–Crippen MR) is 63.8 cm³/mol. The van der Waals surface area contributed by atoms with Gasteiger partial charge in [-0.05, 0) is 11.6 Å². The summed E-state index contributed by atoms with van der Waals surface area (Å²) in [4.78, 5) is 3.87. The Morgan fingerprint density at radius 1 is 1.44 bits per heavy atom. The van der Waals surface area contributed by atoms with Crippen LogP contribution in [0.3, 0.4) is 0 Å². The summed E-state index contributed by atoms with van der Waals surface area (Å²) in [5, 5.41) is 3.68. The maximum Gasteiger partial charge on any atom is 0.208 e. The van der Waals surface area contributed by atoms with E-state index in [0.717, 1.165) is 11.8 Å². The molecule has 2 N–H and O–H groups in total. The molecular formula is C9H14ClN3O2S. The fraction of sp³-hybridized carbons (Fsp3) is 0.444. The summed E-state index contributed by atoms with van der Waals surface area (Å²) in [5.41, 5.74) is 0.941. The molecule has 90 valence electrons. The predicted octanol–water partition coefficient (Wildman–Crippen LogP) is 0.374. The molecule has 0 fully saturated rings. The van der Waals surface area contributed by atoms with Crippen molar-refractivity contribution in [2.45, 2.75) is 6.54 Å². The van der Waals surface area contributed by atoms with E-state index in [4.69, 9.17) is 11.6 Å². The van der Waals surface area contributed by atoms with Gasteiger partial charge in [-0.2, -0.15) is 0 Å². The third kappa shape index (κ3) is 5.41. The Labute approximate surface area is 100 Å². The summed E-state index contributed by atoms with van der Waals surface area (Å²) in [7, 11) is -3.10. The van der Waals surface area contributed by atoms with Crippen molar-refractivity contribution in [3.05, 3.63) is 29.0 Å². The molecule has 5 nitrogen and oxygen atoms in total. The van der Waals surface area contributed by atoms with E-state index in [2.05, 4.69) is 15.0 Å². The van der Waals surface area contributed by atoms with Gasteiger partial charge in [0.05, 0.1) is 11.3 Å². The largest absolute Gasteiger partial charge is 0.311 e. The lowest BCUT2D eigenvalue weighted by atomic mass is 10.3. The molecule has 0 saturated carbocycles. The highest BCUT2D eigenvalue weighted by molar-refractivity contribution is 7.88.